The molecule has 244 valence electrons. The lowest BCUT2D eigenvalue weighted by Crippen LogP contribution is -2.51. The predicted octanol–water partition coefficient (Wildman–Crippen LogP) is 4.41. The number of ether oxygens (including phenoxy) is 4. The van der Waals surface area contributed by atoms with Gasteiger partial charge in [0, 0.05) is 25.2 Å². The standard InChI is InChI=1S/C33H43N3O8S/c1-22(2)19-34-33(38)24(4)35(20-25-12-10-9-11-23(25)3)32(37)21-36(28-17-26(41-5)13-15-29(28)42-6)45(39,40)27-14-16-30(43-7)31(18-27)44-8/h9-18,22,24H,19-21H2,1-8H3,(H,34,38). The second-order valence-corrected chi connectivity index (χ2v) is 12.7. The van der Waals surface area contributed by atoms with Crippen LogP contribution < -0.4 is 28.6 Å². The number of aryl methyl sites for hydroxylation is 1. The Balaban J connectivity index is 2.17. The van der Waals surface area contributed by atoms with E-state index in [4.69, 9.17) is 18.9 Å². The molecule has 3 rings (SSSR count). The molecule has 0 aromatic heterocycles. The highest BCUT2D eigenvalue weighted by Crippen LogP contribution is 2.37. The molecule has 1 N–H and O–H groups in total. The molecule has 0 aliphatic heterocycles. The first-order valence-corrected chi connectivity index (χ1v) is 15.9. The summed E-state index contributed by atoms with van der Waals surface area (Å²) in [5, 5.41) is 2.89. The van der Waals surface area contributed by atoms with Crippen LogP contribution in [0.2, 0.25) is 0 Å². The number of sulfonamides is 1. The van der Waals surface area contributed by atoms with Crippen LogP contribution in [0.25, 0.3) is 0 Å². The van der Waals surface area contributed by atoms with Crippen molar-refractivity contribution < 1.29 is 37.0 Å². The predicted molar refractivity (Wildman–Crippen MR) is 173 cm³/mol. The quantitative estimate of drug-likeness (QED) is 0.259. The number of carbonyl (C=O) groups excluding carboxylic acids is 2. The molecule has 11 nitrogen and oxygen atoms in total. The Labute approximate surface area is 266 Å². The van der Waals surface area contributed by atoms with Gasteiger partial charge in [-0.2, -0.15) is 0 Å². The fourth-order valence-electron chi connectivity index (χ4n) is 4.62. The molecule has 0 aliphatic carbocycles. The monoisotopic (exact) mass is 641 g/mol. The van der Waals surface area contributed by atoms with E-state index in [1.807, 2.05) is 45.0 Å². The fraction of sp³-hybridized carbons (Fsp3) is 0.394. The zero-order valence-electron chi connectivity index (χ0n) is 27.1. The maximum atomic E-state index is 14.4. The minimum atomic E-state index is -4.43. The molecule has 1 unspecified atom stereocenters. The third-order valence-corrected chi connectivity index (χ3v) is 9.09. The van der Waals surface area contributed by atoms with Gasteiger partial charge in [-0.05, 0) is 55.2 Å². The second-order valence-electron chi connectivity index (χ2n) is 10.8. The molecule has 0 fully saturated rings. The topological polar surface area (TPSA) is 124 Å². The summed E-state index contributed by atoms with van der Waals surface area (Å²) in [6.45, 7) is 7.35. The van der Waals surface area contributed by atoms with E-state index in [-0.39, 0.29) is 40.5 Å². The van der Waals surface area contributed by atoms with Crippen molar-refractivity contribution in [2.24, 2.45) is 5.92 Å². The average molecular weight is 642 g/mol. The molecule has 3 aromatic rings. The van der Waals surface area contributed by atoms with Gasteiger partial charge in [0.2, 0.25) is 11.8 Å². The SMILES string of the molecule is COc1ccc(OC)c(N(CC(=O)N(Cc2ccccc2C)C(C)C(=O)NCC(C)C)S(=O)(=O)c2ccc(OC)c(OC)c2)c1. The molecule has 3 aromatic carbocycles. The van der Waals surface area contributed by atoms with Gasteiger partial charge in [-0.3, -0.25) is 13.9 Å². The number of carbonyl (C=O) groups is 2. The van der Waals surface area contributed by atoms with Gasteiger partial charge in [0.15, 0.2) is 11.5 Å². The van der Waals surface area contributed by atoms with E-state index in [0.717, 1.165) is 15.4 Å². The summed E-state index contributed by atoms with van der Waals surface area (Å²) < 4.78 is 51.3. The maximum absolute atomic E-state index is 14.4. The highest BCUT2D eigenvalue weighted by molar-refractivity contribution is 7.92. The van der Waals surface area contributed by atoms with Crippen LogP contribution in [0.1, 0.15) is 31.9 Å². The summed E-state index contributed by atoms with van der Waals surface area (Å²) in [6, 6.07) is 15.4. The Morgan fingerprint density at radius 3 is 2.07 bits per heavy atom. The van der Waals surface area contributed by atoms with Gasteiger partial charge in [-0.25, -0.2) is 8.42 Å². The fourth-order valence-corrected chi connectivity index (χ4v) is 6.05. The minimum absolute atomic E-state index is 0.0766. The van der Waals surface area contributed by atoms with Crippen molar-refractivity contribution in [2.45, 2.75) is 45.2 Å². The first-order valence-electron chi connectivity index (χ1n) is 14.5. The van der Waals surface area contributed by atoms with E-state index >= 15 is 0 Å². The first-order chi connectivity index (χ1) is 21.4. The van der Waals surface area contributed by atoms with Crippen molar-refractivity contribution >= 4 is 27.5 Å². The molecule has 0 spiro atoms. The molecule has 2 amide bonds. The molecule has 45 heavy (non-hydrogen) atoms. The van der Waals surface area contributed by atoms with Crippen LogP contribution in [0, 0.1) is 12.8 Å². The Kier molecular flexibility index (Phi) is 12.1. The summed E-state index contributed by atoms with van der Waals surface area (Å²) in [6.07, 6.45) is 0. The van der Waals surface area contributed by atoms with Gasteiger partial charge < -0.3 is 29.2 Å². The molecular formula is C33H43N3O8S. The lowest BCUT2D eigenvalue weighted by Gasteiger charge is -2.33. The Hall–Kier alpha value is -4.45. The molecule has 12 heteroatoms. The van der Waals surface area contributed by atoms with E-state index in [9.17, 15) is 18.0 Å². The van der Waals surface area contributed by atoms with Crippen LogP contribution in [0.15, 0.2) is 65.6 Å². The van der Waals surface area contributed by atoms with E-state index in [1.165, 1.54) is 57.6 Å². The summed E-state index contributed by atoms with van der Waals surface area (Å²) in [7, 11) is 1.26. The number of rotatable bonds is 15. The van der Waals surface area contributed by atoms with Crippen LogP contribution in [0.4, 0.5) is 5.69 Å². The van der Waals surface area contributed by atoms with E-state index in [2.05, 4.69) is 5.32 Å². The van der Waals surface area contributed by atoms with Crippen LogP contribution in [-0.2, 0) is 26.2 Å². The zero-order valence-corrected chi connectivity index (χ0v) is 27.9. The van der Waals surface area contributed by atoms with Gasteiger partial charge in [-0.1, -0.05) is 38.1 Å². The van der Waals surface area contributed by atoms with Crippen molar-refractivity contribution in [1.82, 2.24) is 10.2 Å². The number of nitrogens with one attached hydrogen (secondary N) is 1. The highest BCUT2D eigenvalue weighted by atomic mass is 32.2. The van der Waals surface area contributed by atoms with E-state index in [0.29, 0.717) is 18.0 Å². The summed E-state index contributed by atoms with van der Waals surface area (Å²) in [5.41, 5.74) is 1.82. The Morgan fingerprint density at radius 2 is 1.47 bits per heavy atom. The third kappa shape index (κ3) is 8.39. The van der Waals surface area contributed by atoms with E-state index < -0.39 is 28.5 Å². The average Bonchev–Trinajstić information content (AvgIpc) is 3.04. The number of nitrogens with zero attached hydrogens (tertiary/aromatic N) is 2. The smallest absolute Gasteiger partial charge is 0.265 e. The Morgan fingerprint density at radius 1 is 0.822 bits per heavy atom. The zero-order chi connectivity index (χ0) is 33.3. The number of anilines is 1. The number of hydrogen-bond donors (Lipinski definition) is 1. The molecule has 0 bridgehead atoms. The van der Waals surface area contributed by atoms with Crippen molar-refractivity contribution in [3.05, 3.63) is 71.8 Å². The van der Waals surface area contributed by atoms with Crippen molar-refractivity contribution in [1.29, 1.82) is 0 Å². The second kappa shape index (κ2) is 15.5. The molecule has 1 atom stereocenters. The lowest BCUT2D eigenvalue weighted by atomic mass is 10.1. The Bertz CT molecular complexity index is 1590. The molecule has 0 heterocycles. The molecule has 0 saturated carbocycles. The van der Waals surface area contributed by atoms with Crippen molar-refractivity contribution in [3.63, 3.8) is 0 Å². The minimum Gasteiger partial charge on any atom is -0.497 e. The number of benzene rings is 3. The van der Waals surface area contributed by atoms with Gasteiger partial charge >= 0.3 is 0 Å². The van der Waals surface area contributed by atoms with Crippen molar-refractivity contribution in [2.75, 3.05) is 45.8 Å². The summed E-state index contributed by atoms with van der Waals surface area (Å²) in [5.74, 6) is 0.329. The number of methoxy groups -OCH3 is 4. The summed E-state index contributed by atoms with van der Waals surface area (Å²) in [4.78, 5) is 28.8. The number of amides is 2. The van der Waals surface area contributed by atoms with Crippen LogP contribution in [0.3, 0.4) is 0 Å². The largest absolute Gasteiger partial charge is 0.497 e. The van der Waals surface area contributed by atoms with Gasteiger partial charge in [0.05, 0.1) is 39.0 Å². The van der Waals surface area contributed by atoms with Gasteiger partial charge in [0.1, 0.15) is 24.1 Å². The van der Waals surface area contributed by atoms with Crippen LogP contribution in [0.5, 0.6) is 23.0 Å². The van der Waals surface area contributed by atoms with Gasteiger partial charge in [-0.15, -0.1) is 0 Å². The third-order valence-electron chi connectivity index (χ3n) is 7.33. The molecular weight excluding hydrogens is 598 g/mol. The van der Waals surface area contributed by atoms with Crippen molar-refractivity contribution in [3.8, 4) is 23.0 Å². The summed E-state index contributed by atoms with van der Waals surface area (Å²) >= 11 is 0. The molecule has 0 radical (unpaired) electrons. The van der Waals surface area contributed by atoms with Crippen LogP contribution in [-0.4, -0.2) is 72.7 Å². The number of hydrogen-bond acceptors (Lipinski definition) is 8. The van der Waals surface area contributed by atoms with Gasteiger partial charge in [0.25, 0.3) is 10.0 Å². The van der Waals surface area contributed by atoms with E-state index in [1.54, 1.807) is 19.1 Å². The molecule has 0 aliphatic rings. The van der Waals surface area contributed by atoms with Crippen LogP contribution >= 0.6 is 0 Å². The maximum Gasteiger partial charge on any atom is 0.265 e. The first kappa shape index (κ1) is 35.0. The normalized spacial score (nSPS) is 11.8. The lowest BCUT2D eigenvalue weighted by molar-refractivity contribution is -0.139. The molecule has 0 saturated heterocycles. The highest BCUT2D eigenvalue weighted by Gasteiger charge is 2.34.